The zero-order valence-electron chi connectivity index (χ0n) is 17.2. The predicted molar refractivity (Wildman–Crippen MR) is 124 cm³/mol. The fourth-order valence-electron chi connectivity index (χ4n) is 3.78. The fourth-order valence-corrected chi connectivity index (χ4v) is 3.78. The molecular weight excluding hydrogens is 402 g/mol. The van der Waals surface area contributed by atoms with Gasteiger partial charge in [0.2, 0.25) is 5.95 Å². The van der Waals surface area contributed by atoms with E-state index in [1.807, 2.05) is 80.2 Å². The number of nitrogens with one attached hydrogen (secondary N) is 3. The average Bonchev–Trinajstić information content (AvgIpc) is 3.53. The Morgan fingerprint density at radius 3 is 2.78 bits per heavy atom. The van der Waals surface area contributed by atoms with E-state index in [1.165, 1.54) is 0 Å². The van der Waals surface area contributed by atoms with E-state index in [4.69, 9.17) is 4.74 Å². The van der Waals surface area contributed by atoms with E-state index in [9.17, 15) is 0 Å². The van der Waals surface area contributed by atoms with E-state index in [-0.39, 0.29) is 0 Å². The second kappa shape index (κ2) is 7.28. The van der Waals surface area contributed by atoms with E-state index in [1.54, 1.807) is 10.9 Å². The maximum Gasteiger partial charge on any atom is 0.205 e. The van der Waals surface area contributed by atoms with Crippen LogP contribution in [0, 0.1) is 0 Å². The topological polar surface area (TPSA) is 96.4 Å². The number of hydrogen-bond acceptors (Lipinski definition) is 5. The molecule has 0 bridgehead atoms. The van der Waals surface area contributed by atoms with Gasteiger partial charge < -0.3 is 20.0 Å². The quantitative estimate of drug-likeness (QED) is 0.347. The molecule has 6 rings (SSSR count). The lowest BCUT2D eigenvalue weighted by Gasteiger charge is -2.04. The van der Waals surface area contributed by atoms with E-state index in [0.29, 0.717) is 5.95 Å². The van der Waals surface area contributed by atoms with Gasteiger partial charge in [0.15, 0.2) is 0 Å². The lowest BCUT2D eigenvalue weighted by Crippen LogP contribution is -1.92. The summed E-state index contributed by atoms with van der Waals surface area (Å²) in [6, 6.07) is 17.5. The monoisotopic (exact) mass is 421 g/mol. The number of hydrogen-bond donors (Lipinski definition) is 3. The van der Waals surface area contributed by atoms with Crippen LogP contribution >= 0.6 is 0 Å². The van der Waals surface area contributed by atoms with Crippen molar-refractivity contribution in [1.29, 1.82) is 0 Å². The van der Waals surface area contributed by atoms with Crippen LogP contribution in [0.3, 0.4) is 0 Å². The van der Waals surface area contributed by atoms with Gasteiger partial charge in [-0.25, -0.2) is 4.98 Å². The first-order chi connectivity index (χ1) is 15.7. The summed E-state index contributed by atoms with van der Waals surface area (Å²) in [5, 5.41) is 7.62. The van der Waals surface area contributed by atoms with Crippen molar-refractivity contribution < 1.29 is 4.74 Å². The number of ether oxygens (including phenoxy) is 1. The van der Waals surface area contributed by atoms with Crippen LogP contribution < -0.4 is 10.1 Å². The van der Waals surface area contributed by atoms with Crippen LogP contribution in [-0.2, 0) is 7.05 Å². The number of benzene rings is 2. The number of pyridine rings is 1. The summed E-state index contributed by atoms with van der Waals surface area (Å²) in [4.78, 5) is 15.9. The van der Waals surface area contributed by atoms with Gasteiger partial charge in [-0.3, -0.25) is 9.67 Å². The molecule has 0 saturated heterocycles. The van der Waals surface area contributed by atoms with Gasteiger partial charge in [0.05, 0.1) is 28.4 Å². The molecule has 8 heteroatoms. The summed E-state index contributed by atoms with van der Waals surface area (Å²) >= 11 is 0. The molecule has 2 aromatic carbocycles. The second-order valence-corrected chi connectivity index (χ2v) is 7.49. The summed E-state index contributed by atoms with van der Waals surface area (Å²) in [5.41, 5.74) is 6.41. The Hall–Kier alpha value is -4.59. The number of aryl methyl sites for hydroxylation is 1. The predicted octanol–water partition coefficient (Wildman–Crippen LogP) is 5.38. The Kier molecular flexibility index (Phi) is 4.14. The molecule has 8 nitrogen and oxygen atoms in total. The van der Waals surface area contributed by atoms with Crippen molar-refractivity contribution in [2.24, 2.45) is 7.05 Å². The third-order valence-corrected chi connectivity index (χ3v) is 5.27. The molecule has 4 heterocycles. The van der Waals surface area contributed by atoms with Gasteiger partial charge in [0.25, 0.3) is 0 Å². The molecule has 0 atom stereocenters. The molecule has 0 saturated carbocycles. The number of nitrogens with zero attached hydrogens (tertiary/aromatic N) is 4. The van der Waals surface area contributed by atoms with Crippen LogP contribution in [0.1, 0.15) is 0 Å². The molecule has 0 unspecified atom stereocenters. The maximum atomic E-state index is 5.93. The van der Waals surface area contributed by atoms with Gasteiger partial charge in [0, 0.05) is 42.8 Å². The minimum Gasteiger partial charge on any atom is -0.457 e. The summed E-state index contributed by atoms with van der Waals surface area (Å²) in [6.45, 7) is 0. The van der Waals surface area contributed by atoms with Crippen LogP contribution in [0.5, 0.6) is 11.5 Å². The standard InChI is InChI=1S/C24H19N7O/c1-31-14-15(12-27-31)18-9-10-25-23-21(13-26-22(18)23)30-24-28-19-8-7-17(11-20(19)29-24)32-16-5-3-2-4-6-16/h2-14,26H,1H3,(H2,28,29,30). The van der Waals surface area contributed by atoms with Crippen molar-refractivity contribution in [2.75, 3.05) is 5.32 Å². The van der Waals surface area contributed by atoms with Crippen LogP contribution in [0.4, 0.5) is 11.6 Å². The van der Waals surface area contributed by atoms with E-state index < -0.39 is 0 Å². The summed E-state index contributed by atoms with van der Waals surface area (Å²) < 4.78 is 7.71. The lowest BCUT2D eigenvalue weighted by molar-refractivity contribution is 0.483. The van der Waals surface area contributed by atoms with Crippen molar-refractivity contribution in [1.82, 2.24) is 29.7 Å². The van der Waals surface area contributed by atoms with Crippen LogP contribution in [-0.4, -0.2) is 29.7 Å². The molecule has 0 aliphatic rings. The molecule has 0 radical (unpaired) electrons. The van der Waals surface area contributed by atoms with Gasteiger partial charge in [-0.2, -0.15) is 5.10 Å². The minimum atomic E-state index is 0.631. The Bertz CT molecular complexity index is 1550. The molecule has 0 aliphatic carbocycles. The Balaban J connectivity index is 1.31. The number of H-pyrrole nitrogens is 2. The number of rotatable bonds is 5. The highest BCUT2D eigenvalue weighted by molar-refractivity contribution is 5.99. The summed E-state index contributed by atoms with van der Waals surface area (Å²) in [7, 11) is 1.90. The summed E-state index contributed by atoms with van der Waals surface area (Å²) in [6.07, 6.45) is 7.53. The molecule has 0 fully saturated rings. The highest BCUT2D eigenvalue weighted by Crippen LogP contribution is 2.32. The first-order valence-electron chi connectivity index (χ1n) is 10.2. The number of aromatic amines is 2. The zero-order chi connectivity index (χ0) is 21.5. The van der Waals surface area contributed by atoms with Gasteiger partial charge in [-0.1, -0.05) is 18.2 Å². The number of para-hydroxylation sites is 1. The second-order valence-electron chi connectivity index (χ2n) is 7.49. The van der Waals surface area contributed by atoms with Crippen molar-refractivity contribution in [2.45, 2.75) is 0 Å². The molecule has 0 spiro atoms. The first kappa shape index (κ1) is 18.2. The molecule has 156 valence electrons. The average molecular weight is 421 g/mol. The Morgan fingerprint density at radius 1 is 1.03 bits per heavy atom. The fraction of sp³-hybridized carbons (Fsp3) is 0.0417. The molecule has 4 aromatic heterocycles. The zero-order valence-corrected chi connectivity index (χ0v) is 17.2. The molecule has 32 heavy (non-hydrogen) atoms. The van der Waals surface area contributed by atoms with Crippen molar-refractivity contribution in [3.63, 3.8) is 0 Å². The number of aromatic nitrogens is 6. The van der Waals surface area contributed by atoms with Gasteiger partial charge in [0.1, 0.15) is 17.0 Å². The van der Waals surface area contributed by atoms with Crippen molar-refractivity contribution in [3.05, 3.63) is 79.4 Å². The molecule has 0 aliphatic heterocycles. The van der Waals surface area contributed by atoms with Crippen LogP contribution in [0.25, 0.3) is 33.2 Å². The van der Waals surface area contributed by atoms with E-state index in [2.05, 4.69) is 30.4 Å². The van der Waals surface area contributed by atoms with E-state index in [0.717, 1.165) is 50.4 Å². The first-order valence-corrected chi connectivity index (χ1v) is 10.2. The highest BCUT2D eigenvalue weighted by atomic mass is 16.5. The SMILES string of the molecule is Cn1cc(-c2ccnc3c(Nc4nc5ccc(Oc6ccccc6)cc5[nH]4)c[nH]c23)cn1. The lowest BCUT2D eigenvalue weighted by atomic mass is 10.1. The molecule has 3 N–H and O–H groups in total. The highest BCUT2D eigenvalue weighted by Gasteiger charge is 2.13. The van der Waals surface area contributed by atoms with Crippen molar-refractivity contribution in [3.8, 4) is 22.6 Å². The van der Waals surface area contributed by atoms with Crippen LogP contribution in [0.15, 0.2) is 79.4 Å². The largest absolute Gasteiger partial charge is 0.457 e. The molecular formula is C24H19N7O. The normalized spacial score (nSPS) is 11.3. The van der Waals surface area contributed by atoms with E-state index >= 15 is 0 Å². The Labute approximate surface area is 182 Å². The molecule has 0 amide bonds. The Morgan fingerprint density at radius 2 is 1.94 bits per heavy atom. The van der Waals surface area contributed by atoms with Crippen molar-refractivity contribution >= 4 is 33.7 Å². The van der Waals surface area contributed by atoms with Gasteiger partial charge >= 0.3 is 0 Å². The third kappa shape index (κ3) is 3.24. The number of fused-ring (bicyclic) bond motifs is 2. The molecule has 6 aromatic rings. The van der Waals surface area contributed by atoms with Gasteiger partial charge in [-0.15, -0.1) is 0 Å². The maximum absolute atomic E-state index is 5.93. The van der Waals surface area contributed by atoms with Gasteiger partial charge in [-0.05, 0) is 30.3 Å². The number of imidazole rings is 1. The third-order valence-electron chi connectivity index (χ3n) is 5.27. The minimum absolute atomic E-state index is 0.631. The summed E-state index contributed by atoms with van der Waals surface area (Å²) in [5.74, 6) is 2.17. The van der Waals surface area contributed by atoms with Crippen LogP contribution in [0.2, 0.25) is 0 Å². The smallest absolute Gasteiger partial charge is 0.205 e. The number of anilines is 2.